The zero-order chi connectivity index (χ0) is 14.0. The molecule has 1 atom stereocenters. The van der Waals surface area contributed by atoms with Crippen molar-refractivity contribution in [3.8, 4) is 0 Å². The highest BCUT2D eigenvalue weighted by molar-refractivity contribution is 5.49. The molecule has 1 N–H and O–H groups in total. The molecular formula is C15H26N4. The lowest BCUT2D eigenvalue weighted by atomic mass is 9.99. The minimum Gasteiger partial charge on any atom is -0.353 e. The summed E-state index contributed by atoms with van der Waals surface area (Å²) in [7, 11) is 4.20. The number of aromatic nitrogens is 1. The Kier molecular flexibility index (Phi) is 4.11. The normalized spacial score (nSPS) is 21.4. The number of rotatable bonds is 3. The van der Waals surface area contributed by atoms with Crippen LogP contribution in [-0.4, -0.2) is 49.2 Å². The molecule has 0 saturated carbocycles. The maximum absolute atomic E-state index is 4.63. The summed E-state index contributed by atoms with van der Waals surface area (Å²) in [6, 6.07) is 4.52. The lowest BCUT2D eigenvalue weighted by molar-refractivity contribution is 0.138. The summed E-state index contributed by atoms with van der Waals surface area (Å²) in [4.78, 5) is 9.47. The van der Waals surface area contributed by atoms with Crippen LogP contribution in [0, 0.1) is 0 Å². The average Bonchev–Trinajstić information content (AvgIpc) is 2.41. The second-order valence-electron chi connectivity index (χ2n) is 6.08. The van der Waals surface area contributed by atoms with Crippen LogP contribution in [0.25, 0.3) is 0 Å². The highest BCUT2D eigenvalue weighted by Crippen LogP contribution is 2.28. The first-order valence-corrected chi connectivity index (χ1v) is 7.04. The molecule has 0 spiro atoms. The zero-order valence-electron chi connectivity index (χ0n) is 12.8. The molecule has 2 rings (SSSR count). The number of pyridine rings is 1. The molecule has 0 aromatic carbocycles. The molecule has 0 amide bonds. The maximum Gasteiger partial charge on any atom is 0.133 e. The van der Waals surface area contributed by atoms with Crippen molar-refractivity contribution in [2.45, 2.75) is 32.4 Å². The van der Waals surface area contributed by atoms with Crippen LogP contribution in [0.2, 0.25) is 0 Å². The minimum atomic E-state index is 0.190. The fourth-order valence-electron chi connectivity index (χ4n) is 2.59. The Morgan fingerprint density at radius 1 is 1.37 bits per heavy atom. The van der Waals surface area contributed by atoms with Crippen LogP contribution in [-0.2, 0) is 0 Å². The van der Waals surface area contributed by atoms with Gasteiger partial charge >= 0.3 is 0 Å². The third kappa shape index (κ3) is 2.90. The van der Waals surface area contributed by atoms with Crippen LogP contribution in [0.5, 0.6) is 0 Å². The highest BCUT2D eigenvalue weighted by Gasteiger charge is 2.32. The SMILES string of the molecule is CNC(C)c1cccnc1N1CCN(C)C(C)(C)C1. The molecule has 2 heterocycles. The molecule has 1 aliphatic rings. The third-order valence-corrected chi connectivity index (χ3v) is 4.33. The molecule has 1 aliphatic heterocycles. The van der Waals surface area contributed by atoms with Crippen molar-refractivity contribution >= 4 is 5.82 Å². The second-order valence-corrected chi connectivity index (χ2v) is 6.08. The summed E-state index contributed by atoms with van der Waals surface area (Å²) < 4.78 is 0. The molecule has 0 aliphatic carbocycles. The fraction of sp³-hybridized carbons (Fsp3) is 0.667. The first kappa shape index (κ1) is 14.3. The number of hydrogen-bond acceptors (Lipinski definition) is 4. The second kappa shape index (κ2) is 5.47. The van der Waals surface area contributed by atoms with Crippen molar-refractivity contribution in [3.63, 3.8) is 0 Å². The fourth-order valence-corrected chi connectivity index (χ4v) is 2.59. The Balaban J connectivity index is 2.27. The molecule has 0 bridgehead atoms. The van der Waals surface area contributed by atoms with E-state index in [1.54, 1.807) is 0 Å². The summed E-state index contributed by atoms with van der Waals surface area (Å²) >= 11 is 0. The minimum absolute atomic E-state index is 0.190. The van der Waals surface area contributed by atoms with Crippen molar-refractivity contribution in [3.05, 3.63) is 23.9 Å². The number of likely N-dealkylation sites (N-methyl/N-ethyl adjacent to an activating group) is 1. The van der Waals surface area contributed by atoms with Gasteiger partial charge in [0.25, 0.3) is 0 Å². The molecule has 19 heavy (non-hydrogen) atoms. The largest absolute Gasteiger partial charge is 0.353 e. The van der Waals surface area contributed by atoms with Crippen LogP contribution >= 0.6 is 0 Å². The van der Waals surface area contributed by atoms with Gasteiger partial charge in [-0.15, -0.1) is 0 Å². The lowest BCUT2D eigenvalue weighted by Gasteiger charge is -2.46. The van der Waals surface area contributed by atoms with E-state index in [1.807, 2.05) is 19.3 Å². The Labute approximate surface area is 116 Å². The van der Waals surface area contributed by atoms with E-state index in [0.29, 0.717) is 6.04 Å². The first-order valence-electron chi connectivity index (χ1n) is 7.04. The Morgan fingerprint density at radius 3 is 2.74 bits per heavy atom. The van der Waals surface area contributed by atoms with Crippen molar-refractivity contribution < 1.29 is 0 Å². The van der Waals surface area contributed by atoms with Gasteiger partial charge < -0.3 is 10.2 Å². The zero-order valence-corrected chi connectivity index (χ0v) is 12.8. The first-order chi connectivity index (χ1) is 8.95. The highest BCUT2D eigenvalue weighted by atomic mass is 15.3. The molecule has 1 aromatic rings. The third-order valence-electron chi connectivity index (χ3n) is 4.33. The smallest absolute Gasteiger partial charge is 0.133 e. The van der Waals surface area contributed by atoms with E-state index < -0.39 is 0 Å². The number of hydrogen-bond donors (Lipinski definition) is 1. The van der Waals surface area contributed by atoms with E-state index in [4.69, 9.17) is 0 Å². The predicted molar refractivity (Wildman–Crippen MR) is 80.6 cm³/mol. The molecule has 1 fully saturated rings. The van der Waals surface area contributed by atoms with Crippen LogP contribution in [0.4, 0.5) is 5.82 Å². The summed E-state index contributed by atoms with van der Waals surface area (Å²) in [6.07, 6.45) is 1.90. The summed E-state index contributed by atoms with van der Waals surface area (Å²) in [5.74, 6) is 1.13. The van der Waals surface area contributed by atoms with Gasteiger partial charge in [0.2, 0.25) is 0 Å². The Hall–Kier alpha value is -1.13. The van der Waals surface area contributed by atoms with E-state index in [-0.39, 0.29) is 5.54 Å². The van der Waals surface area contributed by atoms with Crippen molar-refractivity contribution in [2.24, 2.45) is 0 Å². The molecule has 1 unspecified atom stereocenters. The quantitative estimate of drug-likeness (QED) is 0.901. The van der Waals surface area contributed by atoms with E-state index in [2.05, 4.69) is 54.0 Å². The predicted octanol–water partition coefficient (Wildman–Crippen LogP) is 1.89. The van der Waals surface area contributed by atoms with E-state index in [1.165, 1.54) is 5.56 Å². The standard InChI is InChI=1S/C15H26N4/c1-12(16-4)13-7-6-8-17-14(13)19-10-9-18(5)15(2,3)11-19/h6-8,12,16H,9-11H2,1-5H3. The van der Waals surface area contributed by atoms with E-state index in [9.17, 15) is 0 Å². The van der Waals surface area contributed by atoms with Gasteiger partial charge in [-0.25, -0.2) is 4.98 Å². The van der Waals surface area contributed by atoms with Crippen molar-refractivity contribution in [2.75, 3.05) is 38.6 Å². The number of nitrogens with one attached hydrogen (secondary N) is 1. The van der Waals surface area contributed by atoms with Crippen LogP contribution in [0.15, 0.2) is 18.3 Å². The number of nitrogens with zero attached hydrogens (tertiary/aromatic N) is 3. The van der Waals surface area contributed by atoms with Crippen LogP contribution in [0.3, 0.4) is 0 Å². The number of piperazine rings is 1. The number of anilines is 1. The molecule has 0 radical (unpaired) electrons. The molecule has 1 aromatic heterocycles. The lowest BCUT2D eigenvalue weighted by Crippen LogP contribution is -2.58. The van der Waals surface area contributed by atoms with Crippen LogP contribution < -0.4 is 10.2 Å². The average molecular weight is 262 g/mol. The summed E-state index contributed by atoms with van der Waals surface area (Å²) in [5.41, 5.74) is 1.47. The molecule has 1 saturated heterocycles. The van der Waals surface area contributed by atoms with Gasteiger partial charge in [-0.2, -0.15) is 0 Å². The molecular weight excluding hydrogens is 236 g/mol. The van der Waals surface area contributed by atoms with Gasteiger partial charge in [-0.3, -0.25) is 4.90 Å². The van der Waals surface area contributed by atoms with Gasteiger partial charge in [0, 0.05) is 43.0 Å². The van der Waals surface area contributed by atoms with Crippen molar-refractivity contribution in [1.82, 2.24) is 15.2 Å². The van der Waals surface area contributed by atoms with Crippen LogP contribution in [0.1, 0.15) is 32.4 Å². The van der Waals surface area contributed by atoms with Gasteiger partial charge in [0.15, 0.2) is 0 Å². The summed E-state index contributed by atoms with van der Waals surface area (Å²) in [5, 5.41) is 3.31. The summed E-state index contributed by atoms with van der Waals surface area (Å²) in [6.45, 7) is 9.91. The van der Waals surface area contributed by atoms with Gasteiger partial charge in [-0.05, 0) is 40.9 Å². The topological polar surface area (TPSA) is 31.4 Å². The molecule has 4 nitrogen and oxygen atoms in total. The Morgan fingerprint density at radius 2 is 2.11 bits per heavy atom. The van der Waals surface area contributed by atoms with Gasteiger partial charge in [0.1, 0.15) is 5.82 Å². The Bertz CT molecular complexity index is 430. The van der Waals surface area contributed by atoms with Gasteiger partial charge in [0.05, 0.1) is 0 Å². The monoisotopic (exact) mass is 262 g/mol. The van der Waals surface area contributed by atoms with E-state index in [0.717, 1.165) is 25.5 Å². The van der Waals surface area contributed by atoms with Gasteiger partial charge in [-0.1, -0.05) is 6.07 Å². The maximum atomic E-state index is 4.63. The molecule has 4 heteroatoms. The molecule has 106 valence electrons. The van der Waals surface area contributed by atoms with E-state index >= 15 is 0 Å². The van der Waals surface area contributed by atoms with Crippen molar-refractivity contribution in [1.29, 1.82) is 0 Å².